The van der Waals surface area contributed by atoms with Crippen LogP contribution in [0, 0.1) is 5.92 Å². The number of piperidine rings is 1. The SMILES string of the molecule is CN1CCN(CC2COC3(CCCN(C(=O)c4ccc(-n5cccc5)cc4)C3)C2)CC1.O=C(O)C(F)(F)F.O=C(O)C(F)(F)F. The third kappa shape index (κ3) is 10.7. The number of carbonyl (C=O) groups excluding carboxylic acids is 1. The predicted octanol–water partition coefficient (Wildman–Crippen LogP) is 4.00. The van der Waals surface area contributed by atoms with Crippen molar-refractivity contribution in [1.82, 2.24) is 19.3 Å². The number of aliphatic carboxylic acids is 2. The Hall–Kier alpha value is -3.63. The highest BCUT2D eigenvalue weighted by molar-refractivity contribution is 5.94. The van der Waals surface area contributed by atoms with Crippen molar-refractivity contribution < 1.29 is 55.7 Å². The van der Waals surface area contributed by atoms with Crippen molar-refractivity contribution in [2.24, 2.45) is 5.92 Å². The zero-order chi connectivity index (χ0) is 33.4. The number of halogens is 6. The summed E-state index contributed by atoms with van der Waals surface area (Å²) in [6.45, 7) is 8.14. The maximum Gasteiger partial charge on any atom is 0.490 e. The van der Waals surface area contributed by atoms with Gasteiger partial charge in [0.25, 0.3) is 5.91 Å². The number of carboxylic acid groups (broad SMARTS) is 2. The zero-order valence-electron chi connectivity index (χ0n) is 24.6. The number of aromatic nitrogens is 1. The molecule has 4 heterocycles. The Kier molecular flexibility index (Phi) is 12.0. The molecule has 1 aromatic heterocycles. The smallest absolute Gasteiger partial charge is 0.475 e. The van der Waals surface area contributed by atoms with Gasteiger partial charge in [-0.05, 0) is 68.6 Å². The first kappa shape index (κ1) is 35.8. The number of carboxylic acids is 2. The van der Waals surface area contributed by atoms with Crippen LogP contribution < -0.4 is 0 Å². The number of nitrogens with zero attached hydrogens (tertiary/aromatic N) is 4. The number of rotatable bonds is 4. The van der Waals surface area contributed by atoms with Crippen LogP contribution in [0.4, 0.5) is 26.3 Å². The lowest BCUT2D eigenvalue weighted by Gasteiger charge is -2.40. The number of hydrogen-bond donors (Lipinski definition) is 2. The first-order valence-electron chi connectivity index (χ1n) is 14.2. The van der Waals surface area contributed by atoms with E-state index in [1.807, 2.05) is 53.7 Å². The van der Waals surface area contributed by atoms with Crippen molar-refractivity contribution in [3.8, 4) is 5.69 Å². The molecule has 0 bridgehead atoms. The molecule has 3 saturated heterocycles. The number of alkyl halides is 6. The van der Waals surface area contributed by atoms with Crippen LogP contribution in [0.3, 0.4) is 0 Å². The summed E-state index contributed by atoms with van der Waals surface area (Å²) >= 11 is 0. The number of carbonyl (C=O) groups is 3. The second kappa shape index (κ2) is 15.1. The van der Waals surface area contributed by atoms with Crippen LogP contribution >= 0.6 is 0 Å². The lowest BCUT2D eigenvalue weighted by molar-refractivity contribution is -0.193. The van der Waals surface area contributed by atoms with E-state index < -0.39 is 24.3 Å². The molecule has 2 atom stereocenters. The fourth-order valence-corrected chi connectivity index (χ4v) is 5.47. The fourth-order valence-electron chi connectivity index (χ4n) is 5.47. The quantitative estimate of drug-likeness (QED) is 0.478. The first-order chi connectivity index (χ1) is 21.0. The van der Waals surface area contributed by atoms with Crippen LogP contribution in [0.25, 0.3) is 5.69 Å². The van der Waals surface area contributed by atoms with Gasteiger partial charge in [-0.3, -0.25) is 4.79 Å². The maximum atomic E-state index is 13.2. The van der Waals surface area contributed by atoms with Gasteiger partial charge in [0.05, 0.1) is 12.2 Å². The van der Waals surface area contributed by atoms with Gasteiger partial charge in [-0.2, -0.15) is 26.3 Å². The second-order valence-electron chi connectivity index (χ2n) is 11.2. The molecule has 1 aromatic carbocycles. The Bertz CT molecular complexity index is 1240. The highest BCUT2D eigenvalue weighted by Crippen LogP contribution is 2.38. The van der Waals surface area contributed by atoms with Gasteiger partial charge in [0.2, 0.25) is 0 Å². The normalized spacial score (nSPS) is 22.6. The minimum absolute atomic E-state index is 0.129. The molecule has 5 rings (SSSR count). The van der Waals surface area contributed by atoms with Gasteiger partial charge in [0.1, 0.15) is 0 Å². The number of piperazine rings is 1. The largest absolute Gasteiger partial charge is 0.490 e. The third-order valence-corrected chi connectivity index (χ3v) is 7.73. The van der Waals surface area contributed by atoms with E-state index in [0.29, 0.717) is 5.92 Å². The minimum Gasteiger partial charge on any atom is -0.475 e. The van der Waals surface area contributed by atoms with Gasteiger partial charge < -0.3 is 34.2 Å². The van der Waals surface area contributed by atoms with Gasteiger partial charge >= 0.3 is 24.3 Å². The molecule has 2 aromatic rings. The molecule has 3 aliphatic heterocycles. The van der Waals surface area contributed by atoms with Crippen molar-refractivity contribution >= 4 is 17.8 Å². The van der Waals surface area contributed by atoms with Crippen LogP contribution in [0.15, 0.2) is 48.8 Å². The number of ether oxygens (including phenoxy) is 1. The van der Waals surface area contributed by atoms with Gasteiger partial charge in [0, 0.05) is 69.5 Å². The number of hydrogen-bond acceptors (Lipinski definition) is 6. The van der Waals surface area contributed by atoms with Gasteiger partial charge in [0.15, 0.2) is 0 Å². The van der Waals surface area contributed by atoms with Gasteiger partial charge in [-0.1, -0.05) is 0 Å². The van der Waals surface area contributed by atoms with E-state index in [9.17, 15) is 31.1 Å². The Morgan fingerprint density at radius 2 is 1.42 bits per heavy atom. The van der Waals surface area contributed by atoms with Crippen LogP contribution in [-0.2, 0) is 14.3 Å². The van der Waals surface area contributed by atoms with E-state index in [1.165, 1.54) is 0 Å². The maximum absolute atomic E-state index is 13.2. The zero-order valence-corrected chi connectivity index (χ0v) is 24.6. The van der Waals surface area contributed by atoms with Crippen molar-refractivity contribution in [3.05, 3.63) is 54.4 Å². The molecule has 0 saturated carbocycles. The van der Waals surface area contributed by atoms with Crippen molar-refractivity contribution in [3.63, 3.8) is 0 Å². The molecule has 45 heavy (non-hydrogen) atoms. The highest BCUT2D eigenvalue weighted by atomic mass is 19.4. The predicted molar refractivity (Wildman–Crippen MR) is 149 cm³/mol. The molecule has 0 aliphatic carbocycles. The van der Waals surface area contributed by atoms with Crippen molar-refractivity contribution in [2.75, 3.05) is 59.5 Å². The Morgan fingerprint density at radius 1 is 0.889 bits per heavy atom. The highest BCUT2D eigenvalue weighted by Gasteiger charge is 2.45. The lowest BCUT2D eigenvalue weighted by Crippen LogP contribution is -2.50. The standard InChI is InChI=1S/C25H34N4O2.2C2HF3O2/c1-26-13-15-27(16-14-26)18-21-17-25(31-19-21)9-4-12-29(20-25)24(30)22-5-7-23(8-6-22)28-10-2-3-11-28;2*3-2(4,5)1(6)7/h2-3,5-8,10-11,21H,4,9,12-20H2,1H3;2*(H,6,7). The summed E-state index contributed by atoms with van der Waals surface area (Å²) < 4.78 is 71.9. The fraction of sp³-hybridized carbons (Fsp3) is 0.552. The molecule has 16 heteroatoms. The summed E-state index contributed by atoms with van der Waals surface area (Å²) in [5, 5.41) is 14.2. The number of benzene rings is 1. The Morgan fingerprint density at radius 3 is 1.93 bits per heavy atom. The minimum atomic E-state index is -5.08. The third-order valence-electron chi connectivity index (χ3n) is 7.73. The molecule has 1 spiro atoms. The summed E-state index contributed by atoms with van der Waals surface area (Å²) in [4.78, 5) is 38.0. The van der Waals surface area contributed by atoms with Crippen LogP contribution in [0.1, 0.15) is 29.6 Å². The lowest BCUT2D eigenvalue weighted by atomic mass is 9.86. The molecular weight excluding hydrogens is 614 g/mol. The van der Waals surface area contributed by atoms with E-state index in [4.69, 9.17) is 24.5 Å². The molecule has 250 valence electrons. The van der Waals surface area contributed by atoms with Crippen molar-refractivity contribution in [1.29, 1.82) is 0 Å². The summed E-state index contributed by atoms with van der Waals surface area (Å²) in [5.41, 5.74) is 1.69. The second-order valence-corrected chi connectivity index (χ2v) is 11.2. The molecule has 2 N–H and O–H groups in total. The number of likely N-dealkylation sites (N-methyl/N-ethyl adjacent to an activating group) is 1. The monoisotopic (exact) mass is 650 g/mol. The van der Waals surface area contributed by atoms with Gasteiger partial charge in [-0.15, -0.1) is 0 Å². The van der Waals surface area contributed by atoms with Crippen molar-refractivity contribution in [2.45, 2.75) is 37.2 Å². The number of likely N-dealkylation sites (tertiary alicyclic amines) is 1. The van der Waals surface area contributed by atoms with E-state index >= 15 is 0 Å². The Labute approximate surface area is 255 Å². The molecule has 2 unspecified atom stereocenters. The van der Waals surface area contributed by atoms with E-state index in [0.717, 1.165) is 82.9 Å². The summed E-state index contributed by atoms with van der Waals surface area (Å²) in [6, 6.07) is 11.9. The first-order valence-corrected chi connectivity index (χ1v) is 14.2. The van der Waals surface area contributed by atoms with E-state index in [-0.39, 0.29) is 11.5 Å². The molecule has 0 radical (unpaired) electrons. The van der Waals surface area contributed by atoms with Crippen LogP contribution in [0.2, 0.25) is 0 Å². The van der Waals surface area contributed by atoms with Crippen LogP contribution in [-0.4, -0.2) is 125 Å². The molecule has 10 nitrogen and oxygen atoms in total. The summed E-state index contributed by atoms with van der Waals surface area (Å²) in [6.07, 6.45) is -2.96. The van der Waals surface area contributed by atoms with E-state index in [1.54, 1.807) is 0 Å². The average Bonchev–Trinajstić information content (AvgIpc) is 3.65. The summed E-state index contributed by atoms with van der Waals surface area (Å²) in [7, 11) is 2.20. The molecule has 1 amide bonds. The topological polar surface area (TPSA) is 116 Å². The average molecular weight is 651 g/mol. The number of amides is 1. The molecule has 3 aliphatic rings. The molecule has 3 fully saturated rings. The Balaban J connectivity index is 0.000000331. The van der Waals surface area contributed by atoms with E-state index in [2.05, 4.69) is 21.4 Å². The summed E-state index contributed by atoms with van der Waals surface area (Å²) in [5.74, 6) is -4.80. The molecular formula is C29H36F6N4O6. The van der Waals surface area contributed by atoms with Crippen LogP contribution in [0.5, 0.6) is 0 Å². The van der Waals surface area contributed by atoms with Gasteiger partial charge in [-0.25, -0.2) is 9.59 Å².